The van der Waals surface area contributed by atoms with Crippen LogP contribution in [0.5, 0.6) is 11.5 Å². The van der Waals surface area contributed by atoms with E-state index in [9.17, 15) is 4.79 Å². The van der Waals surface area contributed by atoms with Crippen LogP contribution < -0.4 is 15.0 Å². The Hall–Kier alpha value is -1.82. The molecule has 1 N–H and O–H groups in total. The molecule has 2 aromatic rings. The van der Waals surface area contributed by atoms with Gasteiger partial charge in [-0.15, -0.1) is 0 Å². The summed E-state index contributed by atoms with van der Waals surface area (Å²) >= 11 is 3.25. The molecule has 106 valence electrons. The molecule has 6 heteroatoms. The van der Waals surface area contributed by atoms with Crippen molar-refractivity contribution < 1.29 is 9.47 Å². The molecule has 0 atom stereocenters. The Bertz CT molecular complexity index is 660. The van der Waals surface area contributed by atoms with Crippen molar-refractivity contribution in [3.8, 4) is 22.9 Å². The fourth-order valence-electron chi connectivity index (χ4n) is 1.82. The van der Waals surface area contributed by atoms with Gasteiger partial charge in [-0.25, -0.2) is 4.98 Å². The standard InChI is InChI=1S/C14H15BrN2O3/c1-4-11-12(15)14(18)17-13(16-11)8-5-9(19-2)7-10(6-8)20-3/h5-7H,4H2,1-3H3,(H,16,17,18). The number of ether oxygens (including phenoxy) is 2. The van der Waals surface area contributed by atoms with Crippen molar-refractivity contribution in [3.05, 3.63) is 38.7 Å². The number of halogens is 1. The lowest BCUT2D eigenvalue weighted by Gasteiger charge is -2.09. The predicted molar refractivity (Wildman–Crippen MR) is 80.5 cm³/mol. The second kappa shape index (κ2) is 6.09. The highest BCUT2D eigenvalue weighted by molar-refractivity contribution is 9.10. The molecule has 2 rings (SSSR count). The maximum atomic E-state index is 11.9. The van der Waals surface area contributed by atoms with Gasteiger partial charge >= 0.3 is 0 Å². The Kier molecular flexibility index (Phi) is 4.44. The summed E-state index contributed by atoms with van der Waals surface area (Å²) in [5.41, 5.74) is 1.25. The largest absolute Gasteiger partial charge is 0.497 e. The summed E-state index contributed by atoms with van der Waals surface area (Å²) in [6.07, 6.45) is 0.665. The van der Waals surface area contributed by atoms with E-state index < -0.39 is 0 Å². The maximum absolute atomic E-state index is 11.9. The van der Waals surface area contributed by atoms with Crippen LogP contribution in [0.2, 0.25) is 0 Å². The molecule has 1 aromatic carbocycles. The van der Waals surface area contributed by atoms with Crippen molar-refractivity contribution in [1.82, 2.24) is 9.97 Å². The molecule has 0 saturated heterocycles. The van der Waals surface area contributed by atoms with Gasteiger partial charge in [-0.2, -0.15) is 0 Å². The average molecular weight is 339 g/mol. The monoisotopic (exact) mass is 338 g/mol. The van der Waals surface area contributed by atoms with Crippen molar-refractivity contribution in [2.24, 2.45) is 0 Å². The van der Waals surface area contributed by atoms with Crippen molar-refractivity contribution in [2.45, 2.75) is 13.3 Å². The van der Waals surface area contributed by atoms with E-state index >= 15 is 0 Å². The molecule has 20 heavy (non-hydrogen) atoms. The molecule has 0 fully saturated rings. The molecular formula is C14H15BrN2O3. The van der Waals surface area contributed by atoms with E-state index in [4.69, 9.17) is 9.47 Å². The van der Waals surface area contributed by atoms with E-state index in [1.54, 1.807) is 32.4 Å². The number of nitrogens with zero attached hydrogens (tertiary/aromatic N) is 1. The first-order valence-electron chi connectivity index (χ1n) is 6.11. The molecule has 1 aromatic heterocycles. The third kappa shape index (κ3) is 2.85. The Morgan fingerprint density at radius 3 is 2.30 bits per heavy atom. The molecular weight excluding hydrogens is 324 g/mol. The minimum atomic E-state index is -0.200. The van der Waals surface area contributed by atoms with Crippen LogP contribution in [-0.2, 0) is 6.42 Å². The Morgan fingerprint density at radius 1 is 1.20 bits per heavy atom. The number of hydrogen-bond acceptors (Lipinski definition) is 4. The number of methoxy groups -OCH3 is 2. The molecule has 5 nitrogen and oxygen atoms in total. The number of H-pyrrole nitrogens is 1. The normalized spacial score (nSPS) is 10.4. The third-order valence-corrected chi connectivity index (χ3v) is 3.71. The Balaban J connectivity index is 2.61. The maximum Gasteiger partial charge on any atom is 0.265 e. The van der Waals surface area contributed by atoms with E-state index in [1.807, 2.05) is 6.92 Å². The van der Waals surface area contributed by atoms with Crippen LogP contribution in [0.15, 0.2) is 27.5 Å². The van der Waals surface area contributed by atoms with Gasteiger partial charge in [-0.05, 0) is 34.5 Å². The lowest BCUT2D eigenvalue weighted by Crippen LogP contribution is -2.13. The first kappa shape index (κ1) is 14.6. The van der Waals surface area contributed by atoms with E-state index in [0.29, 0.717) is 33.9 Å². The quantitative estimate of drug-likeness (QED) is 0.930. The van der Waals surface area contributed by atoms with Crippen LogP contribution in [0.1, 0.15) is 12.6 Å². The minimum absolute atomic E-state index is 0.200. The highest BCUT2D eigenvalue weighted by Crippen LogP contribution is 2.28. The number of aromatic nitrogens is 2. The molecule has 0 saturated carbocycles. The molecule has 0 aliphatic rings. The molecule has 0 spiro atoms. The van der Waals surface area contributed by atoms with Crippen LogP contribution in [0, 0.1) is 0 Å². The van der Waals surface area contributed by atoms with Crippen molar-refractivity contribution >= 4 is 15.9 Å². The second-order valence-electron chi connectivity index (χ2n) is 4.13. The SMILES string of the molecule is CCc1nc(-c2cc(OC)cc(OC)c2)[nH]c(=O)c1Br. The number of aromatic amines is 1. The molecule has 0 bridgehead atoms. The van der Waals surface area contributed by atoms with Crippen molar-refractivity contribution in [1.29, 1.82) is 0 Å². The summed E-state index contributed by atoms with van der Waals surface area (Å²) < 4.78 is 10.9. The predicted octanol–water partition coefficient (Wildman–Crippen LogP) is 2.78. The van der Waals surface area contributed by atoms with Gasteiger partial charge in [0.05, 0.1) is 19.9 Å². The highest BCUT2D eigenvalue weighted by Gasteiger charge is 2.11. The molecule has 0 amide bonds. The lowest BCUT2D eigenvalue weighted by atomic mass is 10.1. The molecule has 0 radical (unpaired) electrons. The number of aryl methyl sites for hydroxylation is 1. The van der Waals surface area contributed by atoms with E-state index in [-0.39, 0.29) is 5.56 Å². The number of benzene rings is 1. The van der Waals surface area contributed by atoms with Crippen molar-refractivity contribution in [3.63, 3.8) is 0 Å². The van der Waals surface area contributed by atoms with Crippen LogP contribution in [-0.4, -0.2) is 24.2 Å². The number of nitrogens with one attached hydrogen (secondary N) is 1. The van der Waals surface area contributed by atoms with Gasteiger partial charge in [-0.3, -0.25) is 4.79 Å². The zero-order valence-corrected chi connectivity index (χ0v) is 13.1. The molecule has 1 heterocycles. The fraction of sp³-hybridized carbons (Fsp3) is 0.286. The molecule has 0 aliphatic heterocycles. The van der Waals surface area contributed by atoms with Gasteiger partial charge in [0.25, 0.3) is 5.56 Å². The van der Waals surface area contributed by atoms with Gasteiger partial charge in [0.2, 0.25) is 0 Å². The summed E-state index contributed by atoms with van der Waals surface area (Å²) in [4.78, 5) is 19.1. The van der Waals surface area contributed by atoms with Crippen molar-refractivity contribution in [2.75, 3.05) is 14.2 Å². The van der Waals surface area contributed by atoms with Crippen LogP contribution in [0.4, 0.5) is 0 Å². The summed E-state index contributed by atoms with van der Waals surface area (Å²) in [6.45, 7) is 1.95. The molecule has 0 aliphatic carbocycles. The topological polar surface area (TPSA) is 64.2 Å². The van der Waals surface area contributed by atoms with Gasteiger partial charge in [0, 0.05) is 11.6 Å². The molecule has 0 unspecified atom stereocenters. The Labute approximate surface area is 125 Å². The van der Waals surface area contributed by atoms with Crippen LogP contribution in [0.25, 0.3) is 11.4 Å². The van der Waals surface area contributed by atoms with E-state index in [1.165, 1.54) is 0 Å². The average Bonchev–Trinajstić information content (AvgIpc) is 2.49. The summed E-state index contributed by atoms with van der Waals surface area (Å²) in [6, 6.07) is 5.36. The third-order valence-electron chi connectivity index (χ3n) is 2.89. The fourth-order valence-corrected chi connectivity index (χ4v) is 2.29. The van der Waals surface area contributed by atoms with E-state index in [2.05, 4.69) is 25.9 Å². The first-order chi connectivity index (χ1) is 9.58. The van der Waals surface area contributed by atoms with Gasteiger partial charge in [-0.1, -0.05) is 6.92 Å². The minimum Gasteiger partial charge on any atom is -0.497 e. The summed E-state index contributed by atoms with van der Waals surface area (Å²) in [5, 5.41) is 0. The second-order valence-corrected chi connectivity index (χ2v) is 4.92. The van der Waals surface area contributed by atoms with Gasteiger partial charge in [0.1, 0.15) is 21.8 Å². The smallest absolute Gasteiger partial charge is 0.265 e. The lowest BCUT2D eigenvalue weighted by molar-refractivity contribution is 0.394. The zero-order chi connectivity index (χ0) is 14.7. The van der Waals surface area contributed by atoms with E-state index in [0.717, 1.165) is 5.56 Å². The number of rotatable bonds is 4. The highest BCUT2D eigenvalue weighted by atomic mass is 79.9. The zero-order valence-electron chi connectivity index (χ0n) is 11.5. The Morgan fingerprint density at radius 2 is 1.80 bits per heavy atom. The van der Waals surface area contributed by atoms with Gasteiger partial charge in [0.15, 0.2) is 0 Å². The summed E-state index contributed by atoms with van der Waals surface area (Å²) in [7, 11) is 3.15. The van der Waals surface area contributed by atoms with Crippen LogP contribution in [0.3, 0.4) is 0 Å². The summed E-state index contributed by atoms with van der Waals surface area (Å²) in [5.74, 6) is 1.78. The number of hydrogen-bond donors (Lipinski definition) is 1. The first-order valence-corrected chi connectivity index (χ1v) is 6.90. The van der Waals surface area contributed by atoms with Crippen LogP contribution >= 0.6 is 15.9 Å². The van der Waals surface area contributed by atoms with Gasteiger partial charge < -0.3 is 14.5 Å².